The number of carbonyl (C=O) groups is 2. The van der Waals surface area contributed by atoms with Crippen LogP contribution in [-0.2, 0) is 0 Å². The average Bonchev–Trinajstić information content (AvgIpc) is 3.32. The van der Waals surface area contributed by atoms with E-state index in [1.165, 1.54) is 23.5 Å². The average molecular weight is 426 g/mol. The molecule has 2 aromatic carbocycles. The largest absolute Gasteiger partial charge is 0.435 e. The Balaban J connectivity index is 1.55. The molecule has 0 atom stereocenters. The number of Topliss-reactive ketones (excluding diaryl/α,β-unsaturated/α-hetero) is 2. The number of thiophene rings is 1. The summed E-state index contributed by atoms with van der Waals surface area (Å²) in [5.41, 5.74) is 1.84. The summed E-state index contributed by atoms with van der Waals surface area (Å²) in [6, 6.07) is 14.4. The summed E-state index contributed by atoms with van der Waals surface area (Å²) in [4.78, 5) is 31.3. The van der Waals surface area contributed by atoms with Crippen molar-refractivity contribution in [3.63, 3.8) is 0 Å². The van der Waals surface area contributed by atoms with Crippen LogP contribution in [0.2, 0.25) is 10.0 Å². The van der Waals surface area contributed by atoms with Crippen molar-refractivity contribution in [1.82, 2.24) is 4.98 Å². The highest BCUT2D eigenvalue weighted by Gasteiger charge is 2.37. The Kier molecular flexibility index (Phi) is 3.98. The number of carbonyl (C=O) groups excluding carboxylic acids is 2. The van der Waals surface area contributed by atoms with Gasteiger partial charge >= 0.3 is 0 Å². The summed E-state index contributed by atoms with van der Waals surface area (Å²) in [7, 11) is 0. The van der Waals surface area contributed by atoms with Gasteiger partial charge in [-0.05, 0) is 30.3 Å². The van der Waals surface area contributed by atoms with E-state index in [9.17, 15) is 9.59 Å². The van der Waals surface area contributed by atoms with Crippen LogP contribution < -0.4 is 0 Å². The smallest absolute Gasteiger partial charge is 0.228 e. The molecule has 0 saturated heterocycles. The summed E-state index contributed by atoms with van der Waals surface area (Å²) in [5, 5.41) is 0.436. The van der Waals surface area contributed by atoms with Gasteiger partial charge in [-0.3, -0.25) is 9.59 Å². The highest BCUT2D eigenvalue weighted by atomic mass is 35.5. The molecule has 0 fully saturated rings. The van der Waals surface area contributed by atoms with Crippen LogP contribution in [0.5, 0.6) is 0 Å². The topological polar surface area (TPSA) is 60.2 Å². The maximum Gasteiger partial charge on any atom is 0.228 e. The first kappa shape index (κ1) is 17.4. The second kappa shape index (κ2) is 6.41. The Bertz CT molecular complexity index is 1240. The number of fused-ring (bicyclic) bond motifs is 2. The zero-order chi connectivity index (χ0) is 19.4. The Morgan fingerprint density at radius 3 is 2.18 bits per heavy atom. The van der Waals surface area contributed by atoms with Gasteiger partial charge in [0.2, 0.25) is 5.89 Å². The van der Waals surface area contributed by atoms with Crippen molar-refractivity contribution in [2.24, 2.45) is 0 Å². The molecule has 4 aromatic rings. The third-order valence-corrected chi connectivity index (χ3v) is 6.05. The van der Waals surface area contributed by atoms with Crippen LogP contribution >= 0.6 is 34.5 Å². The van der Waals surface area contributed by atoms with Crippen molar-refractivity contribution in [3.05, 3.63) is 80.2 Å². The van der Waals surface area contributed by atoms with Gasteiger partial charge in [0.05, 0.1) is 26.7 Å². The molecular weight excluding hydrogens is 417 g/mol. The van der Waals surface area contributed by atoms with Gasteiger partial charge in [-0.1, -0.05) is 41.4 Å². The standard InChI is InChI=1S/C21H9Cl2NO3S/c22-13-6-7-14(23)17-16(13)18(25)12(19(17)26)8-11-9-15-21(28-11)24-20(27-15)10-4-2-1-3-5-10/h1-9H. The normalized spacial score (nSPS) is 13.4. The van der Waals surface area contributed by atoms with E-state index in [1.54, 1.807) is 12.1 Å². The van der Waals surface area contributed by atoms with Crippen molar-refractivity contribution >= 4 is 62.6 Å². The molecule has 2 aromatic heterocycles. The lowest BCUT2D eigenvalue weighted by Gasteiger charge is -2.00. The van der Waals surface area contributed by atoms with E-state index >= 15 is 0 Å². The zero-order valence-electron chi connectivity index (χ0n) is 14.0. The Morgan fingerprint density at radius 1 is 0.929 bits per heavy atom. The SMILES string of the molecule is O=C1C(=Cc2cc3oc(-c4ccccc4)nc3s2)C(=O)c2c(Cl)ccc(Cl)c21. The first-order chi connectivity index (χ1) is 13.5. The second-order valence-corrected chi connectivity index (χ2v) is 8.08. The van der Waals surface area contributed by atoms with Crippen molar-refractivity contribution < 1.29 is 14.0 Å². The lowest BCUT2D eigenvalue weighted by atomic mass is 10.1. The predicted octanol–water partition coefficient (Wildman–Crippen LogP) is 6.33. The lowest BCUT2D eigenvalue weighted by molar-refractivity contribution is 0.0990. The van der Waals surface area contributed by atoms with E-state index in [0.29, 0.717) is 21.2 Å². The van der Waals surface area contributed by atoms with Crippen LogP contribution in [0.15, 0.2) is 58.5 Å². The number of nitrogens with zero attached hydrogens (tertiary/aromatic N) is 1. The first-order valence-electron chi connectivity index (χ1n) is 8.28. The maximum absolute atomic E-state index is 12.7. The fraction of sp³-hybridized carbons (Fsp3) is 0. The van der Waals surface area contributed by atoms with E-state index < -0.39 is 11.6 Å². The number of ketones is 2. The van der Waals surface area contributed by atoms with Gasteiger partial charge in [0.25, 0.3) is 0 Å². The van der Waals surface area contributed by atoms with Gasteiger partial charge in [0, 0.05) is 16.5 Å². The molecule has 4 nitrogen and oxygen atoms in total. The quantitative estimate of drug-likeness (QED) is 0.278. The first-order valence-corrected chi connectivity index (χ1v) is 9.85. The van der Waals surface area contributed by atoms with Crippen molar-refractivity contribution in [3.8, 4) is 11.5 Å². The lowest BCUT2D eigenvalue weighted by Crippen LogP contribution is -2.00. The molecule has 1 aliphatic carbocycles. The molecule has 0 radical (unpaired) electrons. The third kappa shape index (κ3) is 2.63. The summed E-state index contributed by atoms with van der Waals surface area (Å²) >= 11 is 13.6. The minimum absolute atomic E-state index is 0.0391. The molecule has 28 heavy (non-hydrogen) atoms. The van der Waals surface area contributed by atoms with E-state index in [1.807, 2.05) is 30.3 Å². The number of allylic oxidation sites excluding steroid dienone is 1. The van der Waals surface area contributed by atoms with Crippen molar-refractivity contribution in [2.45, 2.75) is 0 Å². The van der Waals surface area contributed by atoms with Gasteiger partial charge in [-0.2, -0.15) is 4.98 Å². The predicted molar refractivity (Wildman–Crippen MR) is 110 cm³/mol. The van der Waals surface area contributed by atoms with Crippen LogP contribution in [0.1, 0.15) is 25.6 Å². The van der Waals surface area contributed by atoms with Crippen molar-refractivity contribution in [1.29, 1.82) is 0 Å². The molecule has 0 bridgehead atoms. The molecule has 2 heterocycles. The highest BCUT2D eigenvalue weighted by Crippen LogP contribution is 2.38. The Morgan fingerprint density at radius 2 is 1.57 bits per heavy atom. The minimum Gasteiger partial charge on any atom is -0.435 e. The van der Waals surface area contributed by atoms with E-state index in [-0.39, 0.29) is 26.7 Å². The number of benzene rings is 2. The summed E-state index contributed by atoms with van der Waals surface area (Å²) < 4.78 is 5.81. The number of halogens is 2. The second-order valence-electron chi connectivity index (χ2n) is 6.20. The van der Waals surface area contributed by atoms with Crippen LogP contribution in [0.25, 0.3) is 27.9 Å². The van der Waals surface area contributed by atoms with Crippen LogP contribution in [0, 0.1) is 0 Å². The van der Waals surface area contributed by atoms with Crippen molar-refractivity contribution in [2.75, 3.05) is 0 Å². The molecule has 0 saturated carbocycles. The van der Waals surface area contributed by atoms with E-state index in [2.05, 4.69) is 4.98 Å². The molecule has 0 N–H and O–H groups in total. The zero-order valence-corrected chi connectivity index (χ0v) is 16.4. The van der Waals surface area contributed by atoms with Crippen LogP contribution in [-0.4, -0.2) is 16.6 Å². The van der Waals surface area contributed by atoms with E-state index in [4.69, 9.17) is 27.6 Å². The van der Waals surface area contributed by atoms with Crippen LogP contribution in [0.3, 0.4) is 0 Å². The molecule has 136 valence electrons. The molecule has 0 spiro atoms. The third-order valence-electron chi connectivity index (χ3n) is 4.46. The van der Waals surface area contributed by atoms with Gasteiger partial charge in [0.15, 0.2) is 22.0 Å². The number of oxazole rings is 1. The summed E-state index contributed by atoms with van der Waals surface area (Å²) in [6.45, 7) is 0. The monoisotopic (exact) mass is 425 g/mol. The Labute approximate surface area is 173 Å². The summed E-state index contributed by atoms with van der Waals surface area (Å²) in [6.07, 6.45) is 1.54. The fourth-order valence-corrected chi connectivity index (χ4v) is 4.55. The van der Waals surface area contributed by atoms with Gasteiger partial charge in [0.1, 0.15) is 0 Å². The van der Waals surface area contributed by atoms with Gasteiger partial charge in [-0.25, -0.2) is 0 Å². The maximum atomic E-state index is 12.7. The fourth-order valence-electron chi connectivity index (χ4n) is 3.17. The highest BCUT2D eigenvalue weighted by molar-refractivity contribution is 7.19. The number of hydrogen-bond acceptors (Lipinski definition) is 5. The van der Waals surface area contributed by atoms with Crippen LogP contribution in [0.4, 0.5) is 0 Å². The molecule has 7 heteroatoms. The molecule has 0 amide bonds. The van der Waals surface area contributed by atoms with Gasteiger partial charge in [-0.15, -0.1) is 11.3 Å². The van der Waals surface area contributed by atoms with Gasteiger partial charge < -0.3 is 4.42 Å². The number of aromatic nitrogens is 1. The minimum atomic E-state index is -0.421. The molecule has 1 aliphatic rings. The Hall–Kier alpha value is -2.73. The summed E-state index contributed by atoms with van der Waals surface area (Å²) in [5.74, 6) is -0.314. The van der Waals surface area contributed by atoms with E-state index in [0.717, 1.165) is 5.56 Å². The molecule has 0 unspecified atom stereocenters. The molecular formula is C21H9Cl2NO3S. The molecule has 0 aliphatic heterocycles. The number of rotatable bonds is 2. The number of hydrogen-bond donors (Lipinski definition) is 0. The molecule has 5 rings (SSSR count).